The highest BCUT2D eigenvalue weighted by molar-refractivity contribution is 9.10. The quantitative estimate of drug-likeness (QED) is 0.818. The van der Waals surface area contributed by atoms with Crippen molar-refractivity contribution in [1.29, 1.82) is 5.26 Å². The average molecular weight is 300 g/mol. The van der Waals surface area contributed by atoms with Crippen LogP contribution in [0.3, 0.4) is 0 Å². The van der Waals surface area contributed by atoms with Crippen molar-refractivity contribution in [3.8, 4) is 6.07 Å². The molecule has 0 aromatic heterocycles. The highest BCUT2D eigenvalue weighted by atomic mass is 79.9. The molecule has 0 aliphatic heterocycles. The van der Waals surface area contributed by atoms with E-state index in [2.05, 4.69) is 26.6 Å². The summed E-state index contributed by atoms with van der Waals surface area (Å²) in [6.07, 6.45) is 0.261. The van der Waals surface area contributed by atoms with E-state index in [0.717, 1.165) is 4.47 Å². The van der Waals surface area contributed by atoms with Crippen molar-refractivity contribution in [3.05, 3.63) is 28.5 Å². The third-order valence-electron chi connectivity index (χ3n) is 1.93. The van der Waals surface area contributed by atoms with E-state index in [-0.39, 0.29) is 24.6 Å². The van der Waals surface area contributed by atoms with E-state index in [9.17, 15) is 9.18 Å². The number of anilines is 1. The Kier molecular flexibility index (Phi) is 5.43. The first-order valence-electron chi connectivity index (χ1n) is 4.96. The monoisotopic (exact) mass is 299 g/mol. The molecular formula is C11H11BrFN3O. The van der Waals surface area contributed by atoms with Crippen LogP contribution in [0.2, 0.25) is 0 Å². The molecule has 0 saturated heterocycles. The molecule has 4 nitrogen and oxygen atoms in total. The van der Waals surface area contributed by atoms with Crippen LogP contribution in [0.25, 0.3) is 0 Å². The van der Waals surface area contributed by atoms with Crippen LogP contribution in [-0.2, 0) is 4.79 Å². The van der Waals surface area contributed by atoms with Crippen molar-refractivity contribution < 1.29 is 9.18 Å². The fraction of sp³-hybridized carbons (Fsp3) is 0.273. The number of hydrogen-bond donors (Lipinski definition) is 2. The lowest BCUT2D eigenvalue weighted by molar-refractivity contribution is -0.119. The second-order valence-corrected chi connectivity index (χ2v) is 4.15. The molecule has 2 N–H and O–H groups in total. The summed E-state index contributed by atoms with van der Waals surface area (Å²) in [6, 6.07) is 6.35. The smallest absolute Gasteiger partial charge is 0.239 e. The van der Waals surface area contributed by atoms with Crippen molar-refractivity contribution in [1.82, 2.24) is 5.32 Å². The lowest BCUT2D eigenvalue weighted by atomic mass is 10.3. The molecule has 0 unspecified atom stereocenters. The Morgan fingerprint density at radius 1 is 1.53 bits per heavy atom. The summed E-state index contributed by atoms with van der Waals surface area (Å²) in [4.78, 5) is 11.3. The summed E-state index contributed by atoms with van der Waals surface area (Å²) >= 11 is 3.21. The van der Waals surface area contributed by atoms with Gasteiger partial charge in [-0.1, -0.05) is 15.9 Å². The molecule has 0 spiro atoms. The molecule has 17 heavy (non-hydrogen) atoms. The van der Waals surface area contributed by atoms with E-state index in [0.29, 0.717) is 6.54 Å². The second-order valence-electron chi connectivity index (χ2n) is 3.24. The van der Waals surface area contributed by atoms with Gasteiger partial charge in [-0.3, -0.25) is 4.79 Å². The molecule has 0 radical (unpaired) electrons. The lowest BCUT2D eigenvalue weighted by Crippen LogP contribution is -2.30. The number of benzene rings is 1. The largest absolute Gasteiger partial charge is 0.374 e. The normalized spacial score (nSPS) is 9.47. The number of amides is 1. The van der Waals surface area contributed by atoms with Gasteiger partial charge in [0, 0.05) is 11.0 Å². The van der Waals surface area contributed by atoms with Gasteiger partial charge < -0.3 is 10.6 Å². The second kappa shape index (κ2) is 6.86. The number of hydrogen-bond acceptors (Lipinski definition) is 3. The Bertz CT molecular complexity index is 445. The summed E-state index contributed by atoms with van der Waals surface area (Å²) in [5, 5.41) is 13.5. The maximum Gasteiger partial charge on any atom is 0.239 e. The standard InChI is InChI=1S/C11H11BrFN3O/c12-8-2-3-9(13)10(6-8)16-7-11(17)15-5-1-4-14/h2-3,6,16H,1,5,7H2,(H,15,17). The molecule has 1 aromatic carbocycles. The molecular weight excluding hydrogens is 289 g/mol. The summed E-state index contributed by atoms with van der Waals surface area (Å²) in [5.41, 5.74) is 0.259. The zero-order valence-electron chi connectivity index (χ0n) is 8.96. The molecule has 6 heteroatoms. The van der Waals surface area contributed by atoms with Crippen LogP contribution in [0.15, 0.2) is 22.7 Å². The van der Waals surface area contributed by atoms with Crippen LogP contribution in [0.4, 0.5) is 10.1 Å². The molecule has 0 heterocycles. The zero-order valence-corrected chi connectivity index (χ0v) is 10.6. The zero-order chi connectivity index (χ0) is 12.7. The van der Waals surface area contributed by atoms with E-state index in [1.807, 2.05) is 6.07 Å². The van der Waals surface area contributed by atoms with Crippen molar-refractivity contribution >= 4 is 27.5 Å². The van der Waals surface area contributed by atoms with Gasteiger partial charge in [-0.15, -0.1) is 0 Å². The number of carbonyl (C=O) groups is 1. The fourth-order valence-electron chi connectivity index (χ4n) is 1.13. The highest BCUT2D eigenvalue weighted by Crippen LogP contribution is 2.19. The van der Waals surface area contributed by atoms with Crippen molar-refractivity contribution in [2.45, 2.75) is 6.42 Å². The minimum absolute atomic E-state index is 0.0290. The molecule has 1 amide bonds. The van der Waals surface area contributed by atoms with E-state index in [1.54, 1.807) is 12.1 Å². The van der Waals surface area contributed by atoms with E-state index in [4.69, 9.17) is 5.26 Å². The van der Waals surface area contributed by atoms with Gasteiger partial charge in [0.15, 0.2) is 0 Å². The molecule has 0 atom stereocenters. The number of nitrogens with one attached hydrogen (secondary N) is 2. The van der Waals surface area contributed by atoms with Crippen molar-refractivity contribution in [3.63, 3.8) is 0 Å². The molecule has 0 aliphatic rings. The van der Waals surface area contributed by atoms with E-state index >= 15 is 0 Å². The summed E-state index contributed by atoms with van der Waals surface area (Å²) in [5.74, 6) is -0.697. The molecule has 0 fully saturated rings. The van der Waals surface area contributed by atoms with Crippen LogP contribution in [0.5, 0.6) is 0 Å². The Morgan fingerprint density at radius 3 is 3.00 bits per heavy atom. The van der Waals surface area contributed by atoms with Gasteiger partial charge in [-0.05, 0) is 18.2 Å². The van der Waals surface area contributed by atoms with Gasteiger partial charge in [0.1, 0.15) is 5.82 Å². The maximum absolute atomic E-state index is 13.3. The van der Waals surface area contributed by atoms with Crippen LogP contribution in [0, 0.1) is 17.1 Å². The van der Waals surface area contributed by atoms with Crippen LogP contribution in [-0.4, -0.2) is 19.0 Å². The first kappa shape index (κ1) is 13.5. The molecule has 1 aromatic rings. The Balaban J connectivity index is 2.42. The SMILES string of the molecule is N#CCCNC(=O)CNc1cc(Br)ccc1F. The minimum Gasteiger partial charge on any atom is -0.374 e. The fourth-order valence-corrected chi connectivity index (χ4v) is 1.49. The van der Waals surface area contributed by atoms with Gasteiger partial charge in [0.25, 0.3) is 0 Å². The number of carbonyl (C=O) groups excluding carboxylic acids is 1. The third-order valence-corrected chi connectivity index (χ3v) is 2.42. The molecule has 90 valence electrons. The molecule has 0 bridgehead atoms. The Morgan fingerprint density at radius 2 is 2.29 bits per heavy atom. The third kappa shape index (κ3) is 4.83. The Labute approximate surface area is 107 Å². The molecule has 1 rings (SSSR count). The van der Waals surface area contributed by atoms with Gasteiger partial charge >= 0.3 is 0 Å². The van der Waals surface area contributed by atoms with E-state index < -0.39 is 5.82 Å². The topological polar surface area (TPSA) is 64.9 Å². The van der Waals surface area contributed by atoms with Crippen LogP contribution >= 0.6 is 15.9 Å². The number of nitriles is 1. The highest BCUT2D eigenvalue weighted by Gasteiger charge is 2.04. The number of rotatable bonds is 5. The number of halogens is 2. The van der Waals surface area contributed by atoms with Gasteiger partial charge in [0.05, 0.1) is 24.7 Å². The minimum atomic E-state index is -0.418. The van der Waals surface area contributed by atoms with Gasteiger partial charge in [-0.25, -0.2) is 4.39 Å². The van der Waals surface area contributed by atoms with Crippen molar-refractivity contribution in [2.75, 3.05) is 18.4 Å². The predicted octanol–water partition coefficient (Wildman–Crippen LogP) is 2.03. The van der Waals surface area contributed by atoms with Crippen LogP contribution < -0.4 is 10.6 Å². The van der Waals surface area contributed by atoms with Gasteiger partial charge in [0.2, 0.25) is 5.91 Å². The summed E-state index contributed by atoms with van der Waals surface area (Å²) in [7, 11) is 0. The summed E-state index contributed by atoms with van der Waals surface area (Å²) in [6.45, 7) is 0.275. The predicted molar refractivity (Wildman–Crippen MR) is 65.8 cm³/mol. The van der Waals surface area contributed by atoms with Crippen LogP contribution in [0.1, 0.15) is 6.42 Å². The first-order chi connectivity index (χ1) is 8.13. The average Bonchev–Trinajstić information content (AvgIpc) is 2.31. The number of nitrogens with zero attached hydrogens (tertiary/aromatic N) is 1. The lowest BCUT2D eigenvalue weighted by Gasteiger charge is -2.08. The van der Waals surface area contributed by atoms with Gasteiger partial charge in [-0.2, -0.15) is 5.26 Å². The first-order valence-corrected chi connectivity index (χ1v) is 5.75. The Hall–Kier alpha value is -1.61. The molecule has 0 aliphatic carbocycles. The van der Waals surface area contributed by atoms with Crippen molar-refractivity contribution in [2.24, 2.45) is 0 Å². The van der Waals surface area contributed by atoms with E-state index in [1.165, 1.54) is 6.07 Å². The molecule has 0 saturated carbocycles. The maximum atomic E-state index is 13.3. The summed E-state index contributed by atoms with van der Waals surface area (Å²) < 4.78 is 14.0.